The van der Waals surface area contributed by atoms with Gasteiger partial charge in [0.1, 0.15) is 17.7 Å². The fraction of sp³-hybridized carbons (Fsp3) is 0.0952. The number of aromatic nitrogens is 2. The van der Waals surface area contributed by atoms with Crippen LogP contribution >= 0.6 is 0 Å². The summed E-state index contributed by atoms with van der Waals surface area (Å²) >= 11 is 0. The minimum absolute atomic E-state index is 0.391. The van der Waals surface area contributed by atoms with Crippen molar-refractivity contribution in [3.63, 3.8) is 0 Å². The molecule has 1 N–H and O–H groups in total. The summed E-state index contributed by atoms with van der Waals surface area (Å²) in [5.41, 5.74) is 3.51. The molecule has 0 bridgehead atoms. The van der Waals surface area contributed by atoms with Gasteiger partial charge in [0.05, 0.1) is 11.4 Å². The van der Waals surface area contributed by atoms with Crippen molar-refractivity contribution in [2.75, 3.05) is 0 Å². The van der Waals surface area contributed by atoms with E-state index in [9.17, 15) is 4.39 Å². The van der Waals surface area contributed by atoms with Gasteiger partial charge in [-0.2, -0.15) is 5.10 Å². The second kappa shape index (κ2) is 6.77. The second-order valence-corrected chi connectivity index (χ2v) is 5.85. The molecular weight excluding hydrogens is 315 g/mol. The molecule has 0 fully saturated rings. The molecule has 1 aliphatic carbocycles. The summed E-state index contributed by atoms with van der Waals surface area (Å²) in [5, 5.41) is 7.43. The van der Waals surface area contributed by atoms with Gasteiger partial charge in [0, 0.05) is 12.0 Å². The lowest BCUT2D eigenvalue weighted by molar-refractivity contribution is 0.402. The van der Waals surface area contributed by atoms with Crippen molar-refractivity contribution in [3.05, 3.63) is 84.6 Å². The predicted molar refractivity (Wildman–Crippen MR) is 97.2 cm³/mol. The van der Waals surface area contributed by atoms with Gasteiger partial charge in [0.25, 0.3) is 0 Å². The van der Waals surface area contributed by atoms with E-state index in [0.717, 1.165) is 34.0 Å². The third-order valence-electron chi connectivity index (χ3n) is 4.07. The van der Waals surface area contributed by atoms with Crippen LogP contribution in [0.1, 0.15) is 12.1 Å². The number of H-pyrrole nitrogens is 1. The molecule has 0 saturated heterocycles. The molecule has 124 valence electrons. The van der Waals surface area contributed by atoms with Gasteiger partial charge in [0.15, 0.2) is 0 Å². The molecule has 1 atom stereocenters. The molecule has 3 nitrogen and oxygen atoms in total. The Kier molecular flexibility index (Phi) is 4.17. The van der Waals surface area contributed by atoms with E-state index in [1.807, 2.05) is 66.7 Å². The second-order valence-electron chi connectivity index (χ2n) is 5.85. The number of aromatic amines is 1. The Morgan fingerprint density at radius 1 is 1.04 bits per heavy atom. The molecule has 0 amide bonds. The maximum absolute atomic E-state index is 13.2. The van der Waals surface area contributed by atoms with E-state index in [1.54, 1.807) is 12.2 Å². The fourth-order valence-corrected chi connectivity index (χ4v) is 2.79. The van der Waals surface area contributed by atoms with E-state index in [0.29, 0.717) is 6.42 Å². The summed E-state index contributed by atoms with van der Waals surface area (Å²) in [7, 11) is 0. The van der Waals surface area contributed by atoms with E-state index >= 15 is 0 Å². The molecule has 4 rings (SSSR count). The average Bonchev–Trinajstić information content (AvgIpc) is 3.14. The lowest BCUT2D eigenvalue weighted by atomic mass is 10.0. The average molecular weight is 332 g/mol. The molecule has 0 aliphatic heterocycles. The third kappa shape index (κ3) is 3.38. The molecule has 1 unspecified atom stereocenters. The van der Waals surface area contributed by atoms with Crippen LogP contribution in [0.15, 0.2) is 78.9 Å². The number of nitrogens with zero attached hydrogens (tertiary/aromatic N) is 1. The molecular formula is C21H17FN2O. The zero-order chi connectivity index (χ0) is 17.1. The first-order chi connectivity index (χ1) is 12.3. The molecule has 25 heavy (non-hydrogen) atoms. The Labute approximate surface area is 145 Å². The van der Waals surface area contributed by atoms with E-state index in [-0.39, 0.29) is 0 Å². The number of halogens is 1. The molecule has 1 aromatic heterocycles. The highest BCUT2D eigenvalue weighted by molar-refractivity contribution is 5.77. The number of alkyl halides is 1. The quantitative estimate of drug-likeness (QED) is 0.680. The first-order valence-electron chi connectivity index (χ1n) is 8.20. The van der Waals surface area contributed by atoms with Crippen LogP contribution in [0.25, 0.3) is 16.8 Å². The lowest BCUT2D eigenvalue weighted by Crippen LogP contribution is -1.98. The highest BCUT2D eigenvalue weighted by atomic mass is 19.1. The number of rotatable bonds is 4. The van der Waals surface area contributed by atoms with Gasteiger partial charge in [-0.3, -0.25) is 5.10 Å². The van der Waals surface area contributed by atoms with Crippen LogP contribution in [0, 0.1) is 0 Å². The molecule has 4 heteroatoms. The lowest BCUT2D eigenvalue weighted by Gasteiger charge is -2.09. The van der Waals surface area contributed by atoms with Crippen LogP contribution < -0.4 is 4.74 Å². The van der Waals surface area contributed by atoms with E-state index in [4.69, 9.17) is 4.74 Å². The maximum atomic E-state index is 13.2. The van der Waals surface area contributed by atoms with Crippen LogP contribution in [0.2, 0.25) is 0 Å². The van der Waals surface area contributed by atoms with E-state index < -0.39 is 6.17 Å². The summed E-state index contributed by atoms with van der Waals surface area (Å²) in [5.74, 6) is 1.53. The number of hydrogen-bond donors (Lipinski definition) is 1. The molecule has 1 aliphatic rings. The summed E-state index contributed by atoms with van der Waals surface area (Å²) in [6.07, 6.45) is 4.71. The molecule has 0 radical (unpaired) electrons. The minimum Gasteiger partial charge on any atom is -0.457 e. The Morgan fingerprint density at radius 3 is 2.64 bits per heavy atom. The van der Waals surface area contributed by atoms with Gasteiger partial charge in [-0.15, -0.1) is 0 Å². The van der Waals surface area contributed by atoms with Gasteiger partial charge >= 0.3 is 0 Å². The van der Waals surface area contributed by atoms with Gasteiger partial charge in [-0.25, -0.2) is 4.39 Å². The van der Waals surface area contributed by atoms with Crippen molar-refractivity contribution in [1.82, 2.24) is 10.2 Å². The fourth-order valence-electron chi connectivity index (χ4n) is 2.79. The van der Waals surface area contributed by atoms with E-state index in [1.165, 1.54) is 0 Å². The van der Waals surface area contributed by atoms with Crippen LogP contribution in [-0.2, 0) is 0 Å². The summed E-state index contributed by atoms with van der Waals surface area (Å²) < 4.78 is 19.2. The maximum Gasteiger partial charge on any atom is 0.136 e. The van der Waals surface area contributed by atoms with Gasteiger partial charge in [-0.05, 0) is 42.0 Å². The number of allylic oxidation sites excluding steroid dienone is 4. The molecule has 2 aromatic carbocycles. The number of ether oxygens (including phenoxy) is 1. The zero-order valence-corrected chi connectivity index (χ0v) is 13.5. The molecule has 0 saturated carbocycles. The van der Waals surface area contributed by atoms with Crippen LogP contribution in [0.4, 0.5) is 4.39 Å². The summed E-state index contributed by atoms with van der Waals surface area (Å²) in [4.78, 5) is 0. The first-order valence-corrected chi connectivity index (χ1v) is 8.20. The standard InChI is InChI=1S/C21H17FN2O/c22-16-12-10-15(11-13-16)19-14-20(24-23-19)18-8-4-5-9-21(18)25-17-6-2-1-3-7-17/h1-12,14,16H,13H2,(H,23,24). The number of nitrogens with one attached hydrogen (secondary N) is 1. The predicted octanol–water partition coefficient (Wildman–Crippen LogP) is 5.55. The van der Waals surface area contributed by atoms with Gasteiger partial charge < -0.3 is 4.74 Å². The van der Waals surface area contributed by atoms with Crippen molar-refractivity contribution in [2.45, 2.75) is 12.6 Å². The number of hydrogen-bond acceptors (Lipinski definition) is 2. The summed E-state index contributed by atoms with van der Waals surface area (Å²) in [6.45, 7) is 0. The Hall–Kier alpha value is -3.14. The SMILES string of the molecule is FC1C=CC(c2cc(-c3ccccc3Oc3ccccc3)[nH]n2)=CC1. The Bertz CT molecular complexity index is 928. The highest BCUT2D eigenvalue weighted by Gasteiger charge is 2.14. The monoisotopic (exact) mass is 332 g/mol. The van der Waals surface area contributed by atoms with Crippen LogP contribution in [-0.4, -0.2) is 16.4 Å². The van der Waals surface area contributed by atoms with Crippen LogP contribution in [0.3, 0.4) is 0 Å². The van der Waals surface area contributed by atoms with Gasteiger partial charge in [-0.1, -0.05) is 42.5 Å². The summed E-state index contributed by atoms with van der Waals surface area (Å²) in [6, 6.07) is 19.4. The molecule has 0 spiro atoms. The Morgan fingerprint density at radius 2 is 1.84 bits per heavy atom. The van der Waals surface area contributed by atoms with Crippen molar-refractivity contribution >= 4 is 5.57 Å². The zero-order valence-electron chi connectivity index (χ0n) is 13.5. The van der Waals surface area contributed by atoms with Crippen molar-refractivity contribution in [2.24, 2.45) is 0 Å². The smallest absolute Gasteiger partial charge is 0.136 e. The number of benzene rings is 2. The number of para-hydroxylation sites is 2. The first kappa shape index (κ1) is 15.4. The molecule has 3 aromatic rings. The van der Waals surface area contributed by atoms with Crippen molar-refractivity contribution < 1.29 is 9.13 Å². The largest absolute Gasteiger partial charge is 0.457 e. The van der Waals surface area contributed by atoms with Gasteiger partial charge in [0.2, 0.25) is 0 Å². The van der Waals surface area contributed by atoms with Crippen molar-refractivity contribution in [1.29, 1.82) is 0 Å². The Balaban J connectivity index is 1.64. The third-order valence-corrected chi connectivity index (χ3v) is 4.07. The topological polar surface area (TPSA) is 37.9 Å². The van der Waals surface area contributed by atoms with Crippen molar-refractivity contribution in [3.8, 4) is 22.8 Å². The normalized spacial score (nSPS) is 16.5. The highest BCUT2D eigenvalue weighted by Crippen LogP contribution is 2.33. The minimum atomic E-state index is -0.901. The molecule has 1 heterocycles. The van der Waals surface area contributed by atoms with Crippen LogP contribution in [0.5, 0.6) is 11.5 Å². The van der Waals surface area contributed by atoms with E-state index in [2.05, 4.69) is 10.2 Å².